The molecule has 0 aromatic heterocycles. The number of methoxy groups -OCH3 is 1. The van der Waals surface area contributed by atoms with Crippen LogP contribution in [0.25, 0.3) is 0 Å². The minimum atomic E-state index is -0.169. The van der Waals surface area contributed by atoms with Crippen LogP contribution >= 0.6 is 0 Å². The lowest BCUT2D eigenvalue weighted by molar-refractivity contribution is -0.148. The Balaban J connectivity index is 1.49. The van der Waals surface area contributed by atoms with E-state index in [0.717, 1.165) is 51.5 Å². The molecule has 28 heavy (non-hydrogen) atoms. The summed E-state index contributed by atoms with van der Waals surface area (Å²) in [6, 6.07) is 8.99. The number of esters is 1. The number of carbonyl (C=O) groups is 1. The standard InChI is InChI=1S/C22H32N2O4/c1-22(2)14-27-9-8-24(22)11-15-4-6-16(7-5-15)20-18(21(25)26-3)10-17-12-28-13-19(17)23-20/h4-7,17-20,23H,8-14H2,1-3H3/t17?,18-,19?,20-/m1/s1. The van der Waals surface area contributed by atoms with Gasteiger partial charge in [-0.2, -0.15) is 0 Å². The molecule has 0 radical (unpaired) electrons. The zero-order valence-corrected chi connectivity index (χ0v) is 17.1. The van der Waals surface area contributed by atoms with E-state index in [2.05, 4.69) is 48.3 Å². The number of morpholine rings is 1. The maximum atomic E-state index is 12.4. The van der Waals surface area contributed by atoms with Gasteiger partial charge < -0.3 is 19.5 Å². The third kappa shape index (κ3) is 3.96. The molecule has 154 valence electrons. The van der Waals surface area contributed by atoms with Crippen LogP contribution in [0.15, 0.2) is 24.3 Å². The van der Waals surface area contributed by atoms with E-state index < -0.39 is 0 Å². The zero-order chi connectivity index (χ0) is 19.7. The van der Waals surface area contributed by atoms with Gasteiger partial charge in [0.15, 0.2) is 0 Å². The van der Waals surface area contributed by atoms with Crippen molar-refractivity contribution in [3.8, 4) is 0 Å². The van der Waals surface area contributed by atoms with Crippen LogP contribution in [0.3, 0.4) is 0 Å². The van der Waals surface area contributed by atoms with Crippen molar-refractivity contribution in [3.05, 3.63) is 35.4 Å². The largest absolute Gasteiger partial charge is 0.469 e. The van der Waals surface area contributed by atoms with E-state index >= 15 is 0 Å². The molecule has 1 N–H and O–H groups in total. The van der Waals surface area contributed by atoms with Crippen molar-refractivity contribution in [2.75, 3.05) is 40.1 Å². The van der Waals surface area contributed by atoms with Crippen LogP contribution in [-0.4, -0.2) is 62.5 Å². The maximum Gasteiger partial charge on any atom is 0.310 e. The van der Waals surface area contributed by atoms with Crippen molar-refractivity contribution in [3.63, 3.8) is 0 Å². The Hall–Kier alpha value is -1.47. The van der Waals surface area contributed by atoms with Crippen LogP contribution in [-0.2, 0) is 25.5 Å². The van der Waals surface area contributed by atoms with Crippen molar-refractivity contribution in [2.24, 2.45) is 11.8 Å². The van der Waals surface area contributed by atoms with Crippen molar-refractivity contribution in [1.82, 2.24) is 10.2 Å². The van der Waals surface area contributed by atoms with Crippen LogP contribution in [0, 0.1) is 11.8 Å². The first kappa shape index (κ1) is 19.8. The number of piperidine rings is 1. The van der Waals surface area contributed by atoms with E-state index in [1.54, 1.807) is 0 Å². The van der Waals surface area contributed by atoms with Gasteiger partial charge in [-0.05, 0) is 31.4 Å². The van der Waals surface area contributed by atoms with Gasteiger partial charge in [-0.3, -0.25) is 9.69 Å². The molecule has 4 rings (SSSR count). The van der Waals surface area contributed by atoms with Crippen molar-refractivity contribution in [1.29, 1.82) is 0 Å². The third-order valence-corrected chi connectivity index (χ3v) is 6.58. The number of hydrogen-bond donors (Lipinski definition) is 1. The topological polar surface area (TPSA) is 60.0 Å². The first-order chi connectivity index (χ1) is 13.5. The zero-order valence-electron chi connectivity index (χ0n) is 17.1. The Morgan fingerprint density at radius 3 is 2.75 bits per heavy atom. The molecule has 3 aliphatic heterocycles. The molecule has 0 saturated carbocycles. The second kappa shape index (κ2) is 8.11. The molecular formula is C22H32N2O4. The molecular weight excluding hydrogens is 356 g/mol. The Morgan fingerprint density at radius 2 is 2.04 bits per heavy atom. The van der Waals surface area contributed by atoms with Crippen molar-refractivity contribution >= 4 is 5.97 Å². The maximum absolute atomic E-state index is 12.4. The minimum Gasteiger partial charge on any atom is -0.469 e. The fraction of sp³-hybridized carbons (Fsp3) is 0.682. The lowest BCUT2D eigenvalue weighted by Gasteiger charge is -2.42. The predicted molar refractivity (Wildman–Crippen MR) is 106 cm³/mol. The van der Waals surface area contributed by atoms with E-state index in [1.165, 1.54) is 12.7 Å². The lowest BCUT2D eigenvalue weighted by atomic mass is 9.78. The number of rotatable bonds is 4. The molecule has 3 saturated heterocycles. The number of nitrogens with zero attached hydrogens (tertiary/aromatic N) is 1. The van der Waals surface area contributed by atoms with Crippen LogP contribution < -0.4 is 5.32 Å². The Labute approximate surface area is 167 Å². The molecule has 4 atom stereocenters. The van der Waals surface area contributed by atoms with Crippen LogP contribution in [0.2, 0.25) is 0 Å². The normalized spacial score (nSPS) is 32.7. The Kier molecular flexibility index (Phi) is 5.74. The van der Waals surface area contributed by atoms with Crippen molar-refractivity contribution < 1.29 is 19.0 Å². The van der Waals surface area contributed by atoms with Gasteiger partial charge in [-0.15, -0.1) is 0 Å². The van der Waals surface area contributed by atoms with Gasteiger partial charge in [-0.25, -0.2) is 0 Å². The summed E-state index contributed by atoms with van der Waals surface area (Å²) in [4.78, 5) is 14.9. The molecule has 0 spiro atoms. The molecule has 0 amide bonds. The lowest BCUT2D eigenvalue weighted by Crippen LogP contribution is -2.52. The van der Waals surface area contributed by atoms with Gasteiger partial charge >= 0.3 is 5.97 Å². The van der Waals surface area contributed by atoms with Crippen LogP contribution in [0.4, 0.5) is 0 Å². The highest BCUT2D eigenvalue weighted by molar-refractivity contribution is 5.73. The monoisotopic (exact) mass is 388 g/mol. The smallest absolute Gasteiger partial charge is 0.310 e. The first-order valence-corrected chi connectivity index (χ1v) is 10.3. The van der Waals surface area contributed by atoms with Crippen LogP contribution in [0.5, 0.6) is 0 Å². The molecule has 2 unspecified atom stereocenters. The molecule has 6 nitrogen and oxygen atoms in total. The average molecular weight is 389 g/mol. The number of fused-ring (bicyclic) bond motifs is 1. The second-order valence-corrected chi connectivity index (χ2v) is 8.94. The second-order valence-electron chi connectivity index (χ2n) is 8.94. The fourth-order valence-electron chi connectivity index (χ4n) is 4.77. The summed E-state index contributed by atoms with van der Waals surface area (Å²) in [6.45, 7) is 9.33. The summed E-state index contributed by atoms with van der Waals surface area (Å²) in [5.41, 5.74) is 2.48. The highest BCUT2D eigenvalue weighted by Crippen LogP contribution is 2.38. The van der Waals surface area contributed by atoms with Gasteiger partial charge in [0.05, 0.1) is 39.5 Å². The Bertz CT molecular complexity index is 690. The SMILES string of the molecule is COC(=O)[C@@H]1CC2COCC2N[C@@H]1c1ccc(CN2CCOCC2(C)C)cc1. The van der Waals surface area contributed by atoms with Gasteiger partial charge in [0.2, 0.25) is 0 Å². The first-order valence-electron chi connectivity index (χ1n) is 10.3. The molecule has 0 bridgehead atoms. The van der Waals surface area contributed by atoms with Gasteiger partial charge in [0.1, 0.15) is 0 Å². The predicted octanol–water partition coefficient (Wildman–Crippen LogP) is 2.14. The highest BCUT2D eigenvalue weighted by atomic mass is 16.5. The van der Waals surface area contributed by atoms with Gasteiger partial charge in [-0.1, -0.05) is 24.3 Å². The van der Waals surface area contributed by atoms with E-state index in [1.807, 2.05) is 0 Å². The molecule has 1 aromatic rings. The van der Waals surface area contributed by atoms with Gasteiger partial charge in [0, 0.05) is 36.6 Å². The quantitative estimate of drug-likeness (QED) is 0.798. The molecule has 3 heterocycles. The summed E-state index contributed by atoms with van der Waals surface area (Å²) in [5.74, 6) is 0.0853. The van der Waals surface area contributed by atoms with E-state index in [4.69, 9.17) is 14.2 Å². The number of hydrogen-bond acceptors (Lipinski definition) is 6. The molecule has 6 heteroatoms. The average Bonchev–Trinajstić information content (AvgIpc) is 3.16. The molecule has 1 aromatic carbocycles. The summed E-state index contributed by atoms with van der Waals surface area (Å²) in [5, 5.41) is 3.66. The third-order valence-electron chi connectivity index (χ3n) is 6.58. The Morgan fingerprint density at radius 1 is 1.25 bits per heavy atom. The van der Waals surface area contributed by atoms with Crippen LogP contribution in [0.1, 0.15) is 37.4 Å². The molecule has 3 aliphatic rings. The highest BCUT2D eigenvalue weighted by Gasteiger charge is 2.43. The minimum absolute atomic E-state index is 0.0238. The molecule has 0 aliphatic carbocycles. The van der Waals surface area contributed by atoms with Crippen molar-refractivity contribution in [2.45, 2.75) is 44.4 Å². The number of nitrogens with one attached hydrogen (secondary N) is 1. The van der Waals surface area contributed by atoms with Gasteiger partial charge in [0.25, 0.3) is 0 Å². The number of benzene rings is 1. The fourth-order valence-corrected chi connectivity index (χ4v) is 4.77. The summed E-state index contributed by atoms with van der Waals surface area (Å²) < 4.78 is 16.4. The summed E-state index contributed by atoms with van der Waals surface area (Å²) in [7, 11) is 1.48. The number of carbonyl (C=O) groups excluding carboxylic acids is 1. The van der Waals surface area contributed by atoms with E-state index in [9.17, 15) is 4.79 Å². The van der Waals surface area contributed by atoms with E-state index in [-0.39, 0.29) is 23.5 Å². The molecule has 3 fully saturated rings. The summed E-state index contributed by atoms with van der Waals surface area (Å²) in [6.07, 6.45) is 0.818. The van der Waals surface area contributed by atoms with E-state index in [0.29, 0.717) is 12.0 Å². The number of ether oxygens (including phenoxy) is 3. The summed E-state index contributed by atoms with van der Waals surface area (Å²) >= 11 is 0.